The number of piperazine rings is 1. The molecule has 10 heteroatoms. The highest BCUT2D eigenvalue weighted by Crippen LogP contribution is 2.33. The van der Waals surface area contributed by atoms with Gasteiger partial charge >= 0.3 is 0 Å². The van der Waals surface area contributed by atoms with Gasteiger partial charge in [0.25, 0.3) is 5.91 Å². The van der Waals surface area contributed by atoms with Crippen LogP contribution in [0.5, 0.6) is 17.2 Å². The van der Waals surface area contributed by atoms with Crippen molar-refractivity contribution in [1.29, 1.82) is 0 Å². The van der Waals surface area contributed by atoms with Crippen LogP contribution in [-0.2, 0) is 11.3 Å². The van der Waals surface area contributed by atoms with Gasteiger partial charge in [-0.15, -0.1) is 0 Å². The van der Waals surface area contributed by atoms with Gasteiger partial charge in [0, 0.05) is 38.1 Å². The molecule has 1 saturated heterocycles. The van der Waals surface area contributed by atoms with E-state index in [1.165, 1.54) is 7.11 Å². The lowest BCUT2D eigenvalue weighted by atomic mass is 10.1. The molecule has 1 aromatic heterocycles. The second kappa shape index (κ2) is 9.85. The first-order chi connectivity index (χ1) is 17.1. The number of para-hydroxylation sites is 1. The molecule has 0 bridgehead atoms. The molecule has 0 saturated carbocycles. The first-order valence-electron chi connectivity index (χ1n) is 11.4. The van der Waals surface area contributed by atoms with E-state index in [2.05, 4.69) is 10.2 Å². The number of rotatable bonds is 7. The minimum atomic E-state index is -1.06. The Labute approximate surface area is 201 Å². The summed E-state index contributed by atoms with van der Waals surface area (Å²) in [6, 6.07) is 11.8. The number of carbonyl (C=O) groups is 2. The summed E-state index contributed by atoms with van der Waals surface area (Å²) >= 11 is 0. The summed E-state index contributed by atoms with van der Waals surface area (Å²) < 4.78 is 21.7. The Hall–Kier alpha value is -3.76. The van der Waals surface area contributed by atoms with E-state index < -0.39 is 18.6 Å². The van der Waals surface area contributed by atoms with E-state index in [0.717, 1.165) is 23.6 Å². The molecule has 2 aliphatic rings. The maximum atomic E-state index is 13.0. The standard InChI is InChI=1S/C25H27N3O7/c1-32-20-4-2-3-17-12-22(35-23(17)20)24(30)26-18(14-29)25(31)28-9-7-27(8-10-28)13-16-5-6-19-21(11-16)34-15-33-19/h2-6,11-12,18,29H,7-10,13-15H2,1H3,(H,26,30)/t18-/m0/s1. The van der Waals surface area contributed by atoms with Crippen molar-refractivity contribution in [3.05, 3.63) is 53.8 Å². The van der Waals surface area contributed by atoms with Crippen molar-refractivity contribution in [2.75, 3.05) is 46.7 Å². The normalized spacial score (nSPS) is 16.3. The number of nitrogens with zero attached hydrogens (tertiary/aromatic N) is 2. The number of aliphatic hydroxyl groups is 1. The number of amides is 2. The van der Waals surface area contributed by atoms with Gasteiger partial charge in [-0.1, -0.05) is 18.2 Å². The lowest BCUT2D eigenvalue weighted by Crippen LogP contribution is -2.55. The number of aliphatic hydroxyl groups excluding tert-OH is 1. The lowest BCUT2D eigenvalue weighted by molar-refractivity contribution is -0.136. The number of hydrogen-bond acceptors (Lipinski definition) is 8. The van der Waals surface area contributed by atoms with Crippen LogP contribution in [0, 0.1) is 0 Å². The predicted octanol–water partition coefficient (Wildman–Crippen LogP) is 1.61. The molecule has 3 aromatic rings. The minimum Gasteiger partial charge on any atom is -0.493 e. The topological polar surface area (TPSA) is 114 Å². The van der Waals surface area contributed by atoms with Crippen molar-refractivity contribution < 1.29 is 33.3 Å². The molecule has 2 aliphatic heterocycles. The van der Waals surface area contributed by atoms with Crippen molar-refractivity contribution in [1.82, 2.24) is 15.1 Å². The molecule has 2 amide bonds. The molecule has 0 unspecified atom stereocenters. The molecular formula is C25H27N3O7. The van der Waals surface area contributed by atoms with Gasteiger partial charge in [0.1, 0.15) is 6.04 Å². The van der Waals surface area contributed by atoms with Crippen LogP contribution in [0.2, 0.25) is 0 Å². The van der Waals surface area contributed by atoms with Gasteiger partial charge in [-0.05, 0) is 29.8 Å². The highest BCUT2D eigenvalue weighted by atomic mass is 16.7. The van der Waals surface area contributed by atoms with E-state index >= 15 is 0 Å². The fourth-order valence-corrected chi connectivity index (χ4v) is 4.37. The van der Waals surface area contributed by atoms with Gasteiger partial charge in [0.15, 0.2) is 28.6 Å². The molecule has 10 nitrogen and oxygen atoms in total. The average molecular weight is 482 g/mol. The lowest BCUT2D eigenvalue weighted by Gasteiger charge is -2.36. The molecule has 2 aromatic carbocycles. The van der Waals surface area contributed by atoms with Crippen LogP contribution in [0.1, 0.15) is 16.1 Å². The SMILES string of the molecule is COc1cccc2cc(C(=O)N[C@@H](CO)C(=O)N3CCN(Cc4ccc5c(c4)OCO5)CC3)oc12. The summed E-state index contributed by atoms with van der Waals surface area (Å²) in [6.45, 7) is 2.81. The number of benzene rings is 2. The molecule has 35 heavy (non-hydrogen) atoms. The molecule has 3 heterocycles. The van der Waals surface area contributed by atoms with Gasteiger partial charge < -0.3 is 34.0 Å². The van der Waals surface area contributed by atoms with Crippen LogP contribution < -0.4 is 19.5 Å². The Morgan fingerprint density at radius 3 is 2.66 bits per heavy atom. The van der Waals surface area contributed by atoms with E-state index in [-0.39, 0.29) is 18.5 Å². The molecule has 5 rings (SSSR count). The number of furan rings is 1. The summed E-state index contributed by atoms with van der Waals surface area (Å²) in [5.41, 5.74) is 1.56. The molecule has 1 atom stereocenters. The summed E-state index contributed by atoms with van der Waals surface area (Å²) in [5, 5.41) is 13.1. The second-order valence-corrected chi connectivity index (χ2v) is 8.49. The third-order valence-electron chi connectivity index (χ3n) is 6.26. The average Bonchev–Trinajstić information content (AvgIpc) is 3.54. The molecule has 0 spiro atoms. The quantitative estimate of drug-likeness (QED) is 0.523. The van der Waals surface area contributed by atoms with Crippen LogP contribution in [-0.4, -0.2) is 79.5 Å². The van der Waals surface area contributed by atoms with E-state index in [0.29, 0.717) is 42.9 Å². The maximum absolute atomic E-state index is 13.0. The van der Waals surface area contributed by atoms with Crippen LogP contribution >= 0.6 is 0 Å². The van der Waals surface area contributed by atoms with Crippen molar-refractivity contribution in [3.8, 4) is 17.2 Å². The van der Waals surface area contributed by atoms with Crippen LogP contribution in [0.15, 0.2) is 46.9 Å². The molecule has 1 fully saturated rings. The van der Waals surface area contributed by atoms with Crippen LogP contribution in [0.25, 0.3) is 11.0 Å². The Balaban J connectivity index is 1.17. The first kappa shape index (κ1) is 23.0. The van der Waals surface area contributed by atoms with Crippen molar-refractivity contribution in [3.63, 3.8) is 0 Å². The van der Waals surface area contributed by atoms with E-state index in [1.807, 2.05) is 18.2 Å². The zero-order valence-corrected chi connectivity index (χ0v) is 19.4. The monoisotopic (exact) mass is 481 g/mol. The van der Waals surface area contributed by atoms with Gasteiger partial charge in [0.05, 0.1) is 13.7 Å². The van der Waals surface area contributed by atoms with Crippen molar-refractivity contribution in [2.24, 2.45) is 0 Å². The van der Waals surface area contributed by atoms with Gasteiger partial charge in [-0.3, -0.25) is 14.5 Å². The van der Waals surface area contributed by atoms with Crippen LogP contribution in [0.4, 0.5) is 0 Å². The summed E-state index contributed by atoms with van der Waals surface area (Å²) in [4.78, 5) is 29.7. The number of fused-ring (bicyclic) bond motifs is 2. The zero-order chi connectivity index (χ0) is 24.4. The molecule has 184 valence electrons. The smallest absolute Gasteiger partial charge is 0.287 e. The van der Waals surface area contributed by atoms with E-state index in [4.69, 9.17) is 18.6 Å². The fraction of sp³-hybridized carbons (Fsp3) is 0.360. The Bertz CT molecular complexity index is 1230. The Morgan fingerprint density at radius 1 is 1.09 bits per heavy atom. The van der Waals surface area contributed by atoms with Gasteiger partial charge in [-0.25, -0.2) is 0 Å². The predicted molar refractivity (Wildman–Crippen MR) is 126 cm³/mol. The molecule has 2 N–H and O–H groups in total. The highest BCUT2D eigenvalue weighted by molar-refractivity contribution is 5.99. The summed E-state index contributed by atoms with van der Waals surface area (Å²) in [6.07, 6.45) is 0. The van der Waals surface area contributed by atoms with Gasteiger partial charge in [0.2, 0.25) is 12.7 Å². The summed E-state index contributed by atoms with van der Waals surface area (Å²) in [7, 11) is 1.52. The van der Waals surface area contributed by atoms with Crippen LogP contribution in [0.3, 0.4) is 0 Å². The maximum Gasteiger partial charge on any atom is 0.287 e. The largest absolute Gasteiger partial charge is 0.493 e. The first-order valence-corrected chi connectivity index (χ1v) is 11.4. The molecular weight excluding hydrogens is 454 g/mol. The minimum absolute atomic E-state index is 0.0456. The third-order valence-corrected chi connectivity index (χ3v) is 6.26. The van der Waals surface area contributed by atoms with Crippen molar-refractivity contribution >= 4 is 22.8 Å². The second-order valence-electron chi connectivity index (χ2n) is 8.49. The molecule has 0 radical (unpaired) electrons. The number of ether oxygens (including phenoxy) is 3. The summed E-state index contributed by atoms with van der Waals surface area (Å²) in [5.74, 6) is 1.16. The Kier molecular flexibility index (Phi) is 6.47. The zero-order valence-electron chi connectivity index (χ0n) is 19.4. The molecule has 0 aliphatic carbocycles. The highest BCUT2D eigenvalue weighted by Gasteiger charge is 2.29. The number of hydrogen-bond donors (Lipinski definition) is 2. The van der Waals surface area contributed by atoms with E-state index in [1.54, 1.807) is 29.2 Å². The van der Waals surface area contributed by atoms with Gasteiger partial charge in [-0.2, -0.15) is 0 Å². The number of methoxy groups -OCH3 is 1. The number of nitrogens with one attached hydrogen (secondary N) is 1. The van der Waals surface area contributed by atoms with E-state index in [9.17, 15) is 14.7 Å². The third kappa shape index (κ3) is 4.75. The fourth-order valence-electron chi connectivity index (χ4n) is 4.37. The van der Waals surface area contributed by atoms with Crippen molar-refractivity contribution in [2.45, 2.75) is 12.6 Å². The Morgan fingerprint density at radius 2 is 1.89 bits per heavy atom. The number of carbonyl (C=O) groups excluding carboxylic acids is 2.